The quantitative estimate of drug-likeness (QED) is 0.535. The van der Waals surface area contributed by atoms with E-state index >= 15 is 0 Å². The zero-order chi connectivity index (χ0) is 21.3. The largest absolute Gasteiger partial charge is 0.497 e. The Kier molecular flexibility index (Phi) is 5.95. The molecule has 1 aliphatic heterocycles. The van der Waals surface area contributed by atoms with E-state index in [0.717, 1.165) is 65.2 Å². The Morgan fingerprint density at radius 3 is 2.67 bits per heavy atom. The molecule has 2 aromatic heterocycles. The third kappa shape index (κ3) is 4.01. The van der Waals surface area contributed by atoms with Crippen molar-refractivity contribution >= 4 is 17.4 Å². The molecule has 0 N–H and O–H groups in total. The number of hydrogen-bond donors (Lipinski definition) is 0. The number of benzene rings is 1. The molecule has 0 radical (unpaired) electrons. The van der Waals surface area contributed by atoms with E-state index in [1.165, 1.54) is 0 Å². The van der Waals surface area contributed by atoms with Gasteiger partial charge in [-0.25, -0.2) is 9.97 Å². The van der Waals surface area contributed by atoms with Gasteiger partial charge in [-0.15, -0.1) is 0 Å². The molecule has 0 saturated carbocycles. The van der Waals surface area contributed by atoms with Crippen LogP contribution < -0.4 is 9.64 Å². The molecule has 1 atom stereocenters. The van der Waals surface area contributed by atoms with Crippen LogP contribution in [-0.2, 0) is 6.54 Å². The summed E-state index contributed by atoms with van der Waals surface area (Å²) < 4.78 is 7.20. The van der Waals surface area contributed by atoms with Crippen molar-refractivity contribution in [3.8, 4) is 17.0 Å². The van der Waals surface area contributed by atoms with Crippen LogP contribution >= 0.6 is 11.6 Å². The summed E-state index contributed by atoms with van der Waals surface area (Å²) in [6, 6.07) is 10.2. The maximum Gasteiger partial charge on any atom is 0.133 e. The van der Waals surface area contributed by atoms with Gasteiger partial charge in [0.05, 0.1) is 24.5 Å². The predicted molar refractivity (Wildman–Crippen MR) is 120 cm³/mol. The lowest BCUT2D eigenvalue weighted by Crippen LogP contribution is -2.24. The molecule has 3 heterocycles. The SMILES string of the molecule is COc1ccc(-c2cc(N3CCCC3c3c(C)nn(CC(C)C)c3Cl)ncn2)cc1. The molecular formula is C23H28ClN5O. The molecule has 1 saturated heterocycles. The number of aromatic nitrogens is 4. The molecule has 0 bridgehead atoms. The third-order valence-corrected chi connectivity index (χ3v) is 5.96. The van der Waals surface area contributed by atoms with Crippen LogP contribution in [0.4, 0.5) is 5.82 Å². The zero-order valence-corrected chi connectivity index (χ0v) is 18.7. The minimum atomic E-state index is 0.178. The molecule has 1 unspecified atom stereocenters. The third-order valence-electron chi connectivity index (χ3n) is 5.57. The van der Waals surface area contributed by atoms with E-state index in [-0.39, 0.29) is 6.04 Å². The van der Waals surface area contributed by atoms with Crippen molar-refractivity contribution in [3.05, 3.63) is 53.1 Å². The zero-order valence-electron chi connectivity index (χ0n) is 18.0. The summed E-state index contributed by atoms with van der Waals surface area (Å²) in [6.07, 6.45) is 3.77. The van der Waals surface area contributed by atoms with Gasteiger partial charge in [-0.3, -0.25) is 4.68 Å². The van der Waals surface area contributed by atoms with Crippen LogP contribution in [0.1, 0.15) is 44.0 Å². The molecule has 0 amide bonds. The lowest BCUT2D eigenvalue weighted by Gasteiger charge is -2.26. The second-order valence-corrected chi connectivity index (χ2v) is 8.57. The van der Waals surface area contributed by atoms with E-state index in [9.17, 15) is 0 Å². The Bertz CT molecular complexity index is 1010. The molecule has 4 rings (SSSR count). The van der Waals surface area contributed by atoms with Crippen LogP contribution in [-0.4, -0.2) is 33.4 Å². The van der Waals surface area contributed by atoms with Crippen LogP contribution in [0.5, 0.6) is 5.75 Å². The molecule has 158 valence electrons. The van der Waals surface area contributed by atoms with Gasteiger partial charge in [0.15, 0.2) is 0 Å². The Morgan fingerprint density at radius 2 is 1.97 bits per heavy atom. The lowest BCUT2D eigenvalue weighted by atomic mass is 10.1. The van der Waals surface area contributed by atoms with Gasteiger partial charge >= 0.3 is 0 Å². The number of methoxy groups -OCH3 is 1. The highest BCUT2D eigenvalue weighted by molar-refractivity contribution is 6.30. The molecule has 1 fully saturated rings. The van der Waals surface area contributed by atoms with Crippen molar-refractivity contribution in [3.63, 3.8) is 0 Å². The minimum Gasteiger partial charge on any atom is -0.497 e. The van der Waals surface area contributed by atoms with Crippen LogP contribution in [0.2, 0.25) is 5.15 Å². The second kappa shape index (κ2) is 8.64. The summed E-state index contributed by atoms with van der Waals surface area (Å²) in [6.45, 7) is 8.17. The van der Waals surface area contributed by atoms with Crippen molar-refractivity contribution in [1.82, 2.24) is 19.7 Å². The molecule has 0 aliphatic carbocycles. The molecule has 1 aromatic carbocycles. The monoisotopic (exact) mass is 425 g/mol. The van der Waals surface area contributed by atoms with E-state index in [1.54, 1.807) is 13.4 Å². The average Bonchev–Trinajstić information content (AvgIpc) is 3.32. The first-order valence-electron chi connectivity index (χ1n) is 10.4. The summed E-state index contributed by atoms with van der Waals surface area (Å²) in [5.74, 6) is 2.24. The summed E-state index contributed by atoms with van der Waals surface area (Å²) in [5.41, 5.74) is 4.06. The maximum atomic E-state index is 6.79. The van der Waals surface area contributed by atoms with Gasteiger partial charge in [-0.1, -0.05) is 25.4 Å². The first-order chi connectivity index (χ1) is 14.5. The highest BCUT2D eigenvalue weighted by Crippen LogP contribution is 2.40. The Labute approximate surface area is 182 Å². The molecule has 3 aromatic rings. The maximum absolute atomic E-state index is 6.79. The molecule has 0 spiro atoms. The van der Waals surface area contributed by atoms with E-state index in [4.69, 9.17) is 21.4 Å². The minimum absolute atomic E-state index is 0.178. The molecular weight excluding hydrogens is 398 g/mol. The molecule has 30 heavy (non-hydrogen) atoms. The summed E-state index contributed by atoms with van der Waals surface area (Å²) in [5, 5.41) is 5.47. The molecule has 1 aliphatic rings. The van der Waals surface area contributed by atoms with Crippen LogP contribution in [0.25, 0.3) is 11.3 Å². The fraction of sp³-hybridized carbons (Fsp3) is 0.435. The normalized spacial score (nSPS) is 16.5. The Hall–Kier alpha value is -2.60. The predicted octanol–water partition coefficient (Wildman–Crippen LogP) is 5.31. The van der Waals surface area contributed by atoms with Gasteiger partial charge in [0.25, 0.3) is 0 Å². The molecule has 6 nitrogen and oxygen atoms in total. The first kappa shape index (κ1) is 20.7. The van der Waals surface area contributed by atoms with Crippen LogP contribution in [0.15, 0.2) is 36.7 Å². The van der Waals surface area contributed by atoms with Gasteiger partial charge < -0.3 is 9.64 Å². The van der Waals surface area contributed by atoms with E-state index in [1.807, 2.05) is 28.9 Å². The number of ether oxygens (including phenoxy) is 1. The van der Waals surface area contributed by atoms with Gasteiger partial charge in [0.1, 0.15) is 23.0 Å². The molecule has 7 heteroatoms. The van der Waals surface area contributed by atoms with Crippen molar-refractivity contribution in [2.24, 2.45) is 5.92 Å². The van der Waals surface area contributed by atoms with Crippen molar-refractivity contribution in [2.45, 2.75) is 46.2 Å². The highest BCUT2D eigenvalue weighted by atomic mass is 35.5. The van der Waals surface area contributed by atoms with Crippen LogP contribution in [0, 0.1) is 12.8 Å². The van der Waals surface area contributed by atoms with Crippen molar-refractivity contribution in [2.75, 3.05) is 18.6 Å². The topological polar surface area (TPSA) is 56.1 Å². The fourth-order valence-corrected chi connectivity index (χ4v) is 4.55. The summed E-state index contributed by atoms with van der Waals surface area (Å²) in [7, 11) is 1.67. The number of nitrogens with zero attached hydrogens (tertiary/aromatic N) is 5. The van der Waals surface area contributed by atoms with Gasteiger partial charge in [-0.05, 0) is 49.9 Å². The van der Waals surface area contributed by atoms with E-state index in [0.29, 0.717) is 5.92 Å². The number of halogens is 1. The lowest BCUT2D eigenvalue weighted by molar-refractivity contribution is 0.415. The van der Waals surface area contributed by atoms with Gasteiger partial charge in [0.2, 0.25) is 0 Å². The summed E-state index contributed by atoms with van der Waals surface area (Å²) in [4.78, 5) is 11.4. The van der Waals surface area contributed by atoms with Crippen LogP contribution in [0.3, 0.4) is 0 Å². The average molecular weight is 426 g/mol. The van der Waals surface area contributed by atoms with Crippen molar-refractivity contribution < 1.29 is 4.74 Å². The van der Waals surface area contributed by atoms with Gasteiger partial charge in [-0.2, -0.15) is 5.10 Å². The van der Waals surface area contributed by atoms with Gasteiger partial charge in [0, 0.05) is 30.3 Å². The first-order valence-corrected chi connectivity index (χ1v) is 10.8. The van der Waals surface area contributed by atoms with E-state index < -0.39 is 0 Å². The second-order valence-electron chi connectivity index (χ2n) is 8.21. The van der Waals surface area contributed by atoms with E-state index in [2.05, 4.69) is 41.7 Å². The fourth-order valence-electron chi connectivity index (χ4n) is 4.18. The number of rotatable bonds is 6. The number of anilines is 1. The smallest absolute Gasteiger partial charge is 0.133 e. The number of hydrogen-bond acceptors (Lipinski definition) is 5. The highest BCUT2D eigenvalue weighted by Gasteiger charge is 2.32. The standard InChI is InChI=1S/C23H28ClN5O/c1-15(2)13-29-23(24)22(16(3)27-29)20-6-5-11-28(20)21-12-19(25-14-26-21)17-7-9-18(30-4)10-8-17/h7-10,12,14-15,20H,5-6,11,13H2,1-4H3. The number of aryl methyl sites for hydroxylation is 1. The van der Waals surface area contributed by atoms with Crippen molar-refractivity contribution in [1.29, 1.82) is 0 Å². The summed E-state index contributed by atoms with van der Waals surface area (Å²) >= 11 is 6.79. The Morgan fingerprint density at radius 1 is 1.20 bits per heavy atom. The Balaban J connectivity index is 1.65.